The number of amides is 1. The lowest BCUT2D eigenvalue weighted by molar-refractivity contribution is -0.131. The van der Waals surface area contributed by atoms with E-state index in [4.69, 9.17) is 0 Å². The first-order valence-corrected chi connectivity index (χ1v) is 9.26. The summed E-state index contributed by atoms with van der Waals surface area (Å²) in [5.41, 5.74) is 1.85. The second-order valence-electron chi connectivity index (χ2n) is 7.38. The Hall–Kier alpha value is -1.73. The second-order valence-corrected chi connectivity index (χ2v) is 7.38. The maximum Gasteiger partial charge on any atom is 0.223 e. The van der Waals surface area contributed by atoms with E-state index in [9.17, 15) is 9.90 Å². The number of hydrogen-bond donors (Lipinski definition) is 2. The number of carbonyl (C=O) groups excluding carboxylic acids is 1. The van der Waals surface area contributed by atoms with E-state index in [0.29, 0.717) is 18.9 Å². The number of aliphatic hydroxyl groups is 1. The fourth-order valence-corrected chi connectivity index (χ4v) is 3.75. The zero-order valence-electron chi connectivity index (χ0n) is 15.4. The minimum absolute atomic E-state index is 0.213. The van der Waals surface area contributed by atoms with Gasteiger partial charge in [-0.25, -0.2) is 9.97 Å². The Morgan fingerprint density at radius 1 is 1.32 bits per heavy atom. The highest BCUT2D eigenvalue weighted by atomic mass is 16.3. The third kappa shape index (κ3) is 3.93. The van der Waals surface area contributed by atoms with Crippen molar-refractivity contribution in [1.29, 1.82) is 0 Å². The molecule has 1 aromatic heterocycles. The number of anilines is 1. The van der Waals surface area contributed by atoms with Crippen molar-refractivity contribution >= 4 is 11.7 Å². The normalized spacial score (nSPS) is 23.2. The van der Waals surface area contributed by atoms with Gasteiger partial charge in [0.1, 0.15) is 12.1 Å². The summed E-state index contributed by atoms with van der Waals surface area (Å²) in [5.74, 6) is 1.41. The van der Waals surface area contributed by atoms with Crippen LogP contribution in [0.25, 0.3) is 0 Å². The fourth-order valence-electron chi connectivity index (χ4n) is 3.75. The lowest BCUT2D eigenvalue weighted by atomic mass is 10.1. The summed E-state index contributed by atoms with van der Waals surface area (Å²) in [5, 5.41) is 13.4. The quantitative estimate of drug-likeness (QED) is 0.829. The van der Waals surface area contributed by atoms with E-state index in [0.717, 1.165) is 49.8 Å². The summed E-state index contributed by atoms with van der Waals surface area (Å²) in [6.07, 6.45) is 2.32. The van der Waals surface area contributed by atoms with Gasteiger partial charge in [-0.2, -0.15) is 0 Å². The molecule has 0 spiro atoms. The van der Waals surface area contributed by atoms with Crippen molar-refractivity contribution in [3.63, 3.8) is 0 Å². The molecule has 1 aliphatic carbocycles. The van der Waals surface area contributed by atoms with Crippen LogP contribution in [0.5, 0.6) is 0 Å². The van der Waals surface area contributed by atoms with Gasteiger partial charge in [0.25, 0.3) is 0 Å². The summed E-state index contributed by atoms with van der Waals surface area (Å²) >= 11 is 0. The van der Waals surface area contributed by atoms with Crippen LogP contribution in [0.4, 0.5) is 5.82 Å². The summed E-state index contributed by atoms with van der Waals surface area (Å²) < 4.78 is 0. The zero-order valence-corrected chi connectivity index (χ0v) is 15.4. The fraction of sp³-hybridized carbons (Fsp3) is 0.722. The average molecular weight is 347 g/mol. The summed E-state index contributed by atoms with van der Waals surface area (Å²) in [6, 6.07) is 0.404. The zero-order chi connectivity index (χ0) is 18.0. The van der Waals surface area contributed by atoms with Crippen LogP contribution in [0.15, 0.2) is 6.33 Å². The molecule has 1 aromatic rings. The van der Waals surface area contributed by atoms with Gasteiger partial charge >= 0.3 is 0 Å². The minimum atomic E-state index is -0.483. The molecular formula is C18H29N5O2. The van der Waals surface area contributed by atoms with Gasteiger partial charge in [-0.3, -0.25) is 4.79 Å². The van der Waals surface area contributed by atoms with Crippen molar-refractivity contribution in [3.8, 4) is 0 Å². The molecule has 1 aliphatic heterocycles. The van der Waals surface area contributed by atoms with Gasteiger partial charge in [-0.1, -0.05) is 20.8 Å². The molecule has 2 N–H and O–H groups in total. The van der Waals surface area contributed by atoms with E-state index >= 15 is 0 Å². The molecule has 7 heteroatoms. The van der Waals surface area contributed by atoms with E-state index in [1.807, 2.05) is 4.90 Å². The summed E-state index contributed by atoms with van der Waals surface area (Å²) in [4.78, 5) is 25.2. The Morgan fingerprint density at radius 3 is 2.72 bits per heavy atom. The van der Waals surface area contributed by atoms with Crippen LogP contribution in [0.3, 0.4) is 0 Å². The van der Waals surface area contributed by atoms with Crippen LogP contribution in [0.2, 0.25) is 0 Å². The van der Waals surface area contributed by atoms with E-state index in [2.05, 4.69) is 41.0 Å². The second kappa shape index (κ2) is 7.66. The lowest BCUT2D eigenvalue weighted by Crippen LogP contribution is -2.49. The highest BCUT2D eigenvalue weighted by Gasteiger charge is 2.33. The first-order valence-electron chi connectivity index (χ1n) is 9.26. The number of nitrogens with one attached hydrogen (secondary N) is 1. The van der Waals surface area contributed by atoms with Crippen molar-refractivity contribution in [1.82, 2.24) is 20.2 Å². The molecule has 0 saturated carbocycles. The molecule has 2 atom stereocenters. The highest BCUT2D eigenvalue weighted by Crippen LogP contribution is 2.42. The predicted octanol–water partition coefficient (Wildman–Crippen LogP) is 1.05. The van der Waals surface area contributed by atoms with Crippen molar-refractivity contribution < 1.29 is 9.90 Å². The van der Waals surface area contributed by atoms with Gasteiger partial charge in [-0.15, -0.1) is 0 Å². The molecule has 1 fully saturated rings. The van der Waals surface area contributed by atoms with E-state index in [1.54, 1.807) is 6.33 Å². The Bertz CT molecular complexity index is 613. The predicted molar refractivity (Wildman–Crippen MR) is 96.6 cm³/mol. The molecule has 2 heterocycles. The molecule has 1 saturated heterocycles. The molecule has 3 rings (SSSR count). The molecule has 1 amide bonds. The third-order valence-electron chi connectivity index (χ3n) is 5.10. The van der Waals surface area contributed by atoms with Gasteiger partial charge in [0.15, 0.2) is 0 Å². The maximum atomic E-state index is 12.3. The van der Waals surface area contributed by atoms with Gasteiger partial charge < -0.3 is 20.2 Å². The number of rotatable bonds is 5. The number of aliphatic hydroxyl groups excluding tert-OH is 1. The molecular weight excluding hydrogens is 318 g/mol. The van der Waals surface area contributed by atoms with Gasteiger partial charge in [-0.05, 0) is 12.3 Å². The monoisotopic (exact) mass is 347 g/mol. The summed E-state index contributed by atoms with van der Waals surface area (Å²) in [6.45, 7) is 10.00. The molecule has 25 heavy (non-hydrogen) atoms. The topological polar surface area (TPSA) is 81.6 Å². The minimum Gasteiger partial charge on any atom is -0.387 e. The maximum absolute atomic E-state index is 12.3. The Morgan fingerprint density at radius 2 is 2.04 bits per heavy atom. The van der Waals surface area contributed by atoms with E-state index in [-0.39, 0.29) is 11.8 Å². The number of nitrogens with zero attached hydrogens (tertiary/aromatic N) is 4. The van der Waals surface area contributed by atoms with Crippen LogP contribution in [0.1, 0.15) is 56.9 Å². The van der Waals surface area contributed by atoms with Crippen molar-refractivity contribution in [2.24, 2.45) is 0 Å². The summed E-state index contributed by atoms with van der Waals surface area (Å²) in [7, 11) is 0. The van der Waals surface area contributed by atoms with Crippen molar-refractivity contribution in [2.45, 2.75) is 51.7 Å². The average Bonchev–Trinajstić information content (AvgIpc) is 2.89. The molecule has 0 aromatic carbocycles. The first-order chi connectivity index (χ1) is 12.0. The number of piperazine rings is 1. The SMILES string of the molecule is CC(C)NCCC(=O)N1CCN(c2ncnc3c2[C@H](C)C[C@H]3O)CC1. The van der Waals surface area contributed by atoms with Crippen LogP contribution in [0, 0.1) is 0 Å². The molecule has 2 aliphatic rings. The number of hydrogen-bond acceptors (Lipinski definition) is 6. The van der Waals surface area contributed by atoms with Crippen LogP contribution >= 0.6 is 0 Å². The number of aromatic nitrogens is 2. The Labute approximate surface area is 149 Å². The van der Waals surface area contributed by atoms with Crippen LogP contribution in [-0.2, 0) is 4.79 Å². The third-order valence-corrected chi connectivity index (χ3v) is 5.10. The number of fused-ring (bicyclic) bond motifs is 1. The van der Waals surface area contributed by atoms with Crippen molar-refractivity contribution in [2.75, 3.05) is 37.6 Å². The smallest absolute Gasteiger partial charge is 0.223 e. The largest absolute Gasteiger partial charge is 0.387 e. The Balaban J connectivity index is 1.59. The van der Waals surface area contributed by atoms with Crippen molar-refractivity contribution in [3.05, 3.63) is 17.6 Å². The van der Waals surface area contributed by atoms with Crippen LogP contribution < -0.4 is 10.2 Å². The lowest BCUT2D eigenvalue weighted by Gasteiger charge is -2.36. The van der Waals surface area contributed by atoms with E-state index in [1.165, 1.54) is 0 Å². The molecule has 138 valence electrons. The Kier molecular flexibility index (Phi) is 5.54. The van der Waals surface area contributed by atoms with Gasteiger partial charge in [0, 0.05) is 50.7 Å². The van der Waals surface area contributed by atoms with E-state index < -0.39 is 6.10 Å². The molecule has 0 unspecified atom stereocenters. The number of carbonyl (C=O) groups is 1. The highest BCUT2D eigenvalue weighted by molar-refractivity contribution is 5.76. The molecule has 0 bridgehead atoms. The van der Waals surface area contributed by atoms with Crippen LogP contribution in [-0.4, -0.2) is 64.6 Å². The first kappa shape index (κ1) is 18.1. The van der Waals surface area contributed by atoms with Gasteiger partial charge in [0.05, 0.1) is 11.8 Å². The molecule has 0 radical (unpaired) electrons. The standard InChI is InChI=1S/C18H29N5O2/c1-12(2)19-5-4-15(25)22-6-8-23(9-7-22)18-16-13(3)10-14(24)17(16)20-11-21-18/h11-14,19,24H,4-10H2,1-3H3/t13-,14-/m1/s1. The van der Waals surface area contributed by atoms with Gasteiger partial charge in [0.2, 0.25) is 5.91 Å². The molecule has 7 nitrogen and oxygen atoms in total.